The Morgan fingerprint density at radius 3 is 1.12 bits per heavy atom. The van der Waals surface area contributed by atoms with Gasteiger partial charge in [0.15, 0.2) is 0 Å². The zero-order valence-electron chi connectivity index (χ0n) is 18.1. The Kier molecular flexibility index (Phi) is 15.9. The number of aromatic nitrogens is 1. The van der Waals surface area contributed by atoms with Crippen LogP contribution in [0.2, 0.25) is 0 Å². The van der Waals surface area contributed by atoms with Crippen LogP contribution in [0.3, 0.4) is 0 Å². The SMILES string of the molecule is CCCCCCCCCCCCCCc1c[nH]cc1CCCCCCC. The minimum absolute atomic E-state index is 1.28. The number of rotatable bonds is 19. The molecule has 152 valence electrons. The zero-order valence-corrected chi connectivity index (χ0v) is 18.1. The van der Waals surface area contributed by atoms with Crippen LogP contribution in [0.1, 0.15) is 134 Å². The molecule has 1 nitrogen and oxygen atoms in total. The van der Waals surface area contributed by atoms with Crippen molar-refractivity contribution in [2.75, 3.05) is 0 Å². The molecule has 0 bridgehead atoms. The Hall–Kier alpha value is -0.720. The van der Waals surface area contributed by atoms with E-state index >= 15 is 0 Å². The Morgan fingerprint density at radius 1 is 0.462 bits per heavy atom. The van der Waals surface area contributed by atoms with Gasteiger partial charge < -0.3 is 4.98 Å². The first kappa shape index (κ1) is 23.3. The van der Waals surface area contributed by atoms with Crippen molar-refractivity contribution in [1.82, 2.24) is 4.98 Å². The molecule has 1 N–H and O–H groups in total. The molecule has 0 aliphatic rings. The molecule has 0 atom stereocenters. The van der Waals surface area contributed by atoms with E-state index in [1.165, 1.54) is 122 Å². The van der Waals surface area contributed by atoms with Crippen LogP contribution < -0.4 is 0 Å². The quantitative estimate of drug-likeness (QED) is 0.237. The molecule has 0 radical (unpaired) electrons. The number of H-pyrrole nitrogens is 1. The average Bonchev–Trinajstić information content (AvgIpc) is 3.10. The van der Waals surface area contributed by atoms with Crippen LogP contribution in [-0.2, 0) is 12.8 Å². The summed E-state index contributed by atoms with van der Waals surface area (Å²) in [7, 11) is 0. The molecule has 0 spiro atoms. The molecular formula is C25H47N. The lowest BCUT2D eigenvalue weighted by atomic mass is 10.00. The Bertz CT molecular complexity index is 393. The predicted molar refractivity (Wildman–Crippen MR) is 118 cm³/mol. The zero-order chi connectivity index (χ0) is 18.7. The summed E-state index contributed by atoms with van der Waals surface area (Å²) in [6, 6.07) is 0. The molecule has 0 saturated carbocycles. The van der Waals surface area contributed by atoms with Gasteiger partial charge in [-0.3, -0.25) is 0 Å². The van der Waals surface area contributed by atoms with Crippen molar-refractivity contribution in [3.63, 3.8) is 0 Å². The lowest BCUT2D eigenvalue weighted by Gasteiger charge is -2.05. The van der Waals surface area contributed by atoms with E-state index < -0.39 is 0 Å². The first-order chi connectivity index (χ1) is 12.9. The predicted octanol–water partition coefficient (Wildman–Crippen LogP) is 8.77. The molecule has 1 aromatic rings. The van der Waals surface area contributed by atoms with Gasteiger partial charge in [-0.1, -0.05) is 110 Å². The maximum absolute atomic E-state index is 3.34. The van der Waals surface area contributed by atoms with Gasteiger partial charge in [-0.25, -0.2) is 0 Å². The lowest BCUT2D eigenvalue weighted by Crippen LogP contribution is -1.92. The van der Waals surface area contributed by atoms with Gasteiger partial charge in [0, 0.05) is 12.4 Å². The van der Waals surface area contributed by atoms with Gasteiger partial charge >= 0.3 is 0 Å². The molecule has 0 aliphatic heterocycles. The van der Waals surface area contributed by atoms with E-state index in [1.807, 2.05) is 0 Å². The van der Waals surface area contributed by atoms with Gasteiger partial charge in [-0.15, -0.1) is 0 Å². The molecule has 0 unspecified atom stereocenters. The normalized spacial score (nSPS) is 11.3. The topological polar surface area (TPSA) is 15.8 Å². The molecule has 0 saturated heterocycles. The van der Waals surface area contributed by atoms with Crippen LogP contribution in [0.5, 0.6) is 0 Å². The highest BCUT2D eigenvalue weighted by atomic mass is 14.6. The van der Waals surface area contributed by atoms with Crippen LogP contribution in [0.25, 0.3) is 0 Å². The van der Waals surface area contributed by atoms with Crippen molar-refractivity contribution in [3.05, 3.63) is 23.5 Å². The number of nitrogens with one attached hydrogen (secondary N) is 1. The first-order valence-electron chi connectivity index (χ1n) is 12.0. The number of hydrogen-bond acceptors (Lipinski definition) is 0. The second-order valence-corrected chi connectivity index (χ2v) is 8.31. The van der Waals surface area contributed by atoms with E-state index in [1.54, 1.807) is 11.1 Å². The van der Waals surface area contributed by atoms with Crippen molar-refractivity contribution in [3.8, 4) is 0 Å². The number of aromatic amines is 1. The highest BCUT2D eigenvalue weighted by molar-refractivity contribution is 5.23. The molecule has 26 heavy (non-hydrogen) atoms. The standard InChI is InChI=1S/C25H47N/c1-3-5-7-9-10-11-12-13-14-15-17-19-21-25-23-26-22-24(25)20-18-16-8-6-4-2/h22-23,26H,3-21H2,1-2H3. The maximum atomic E-state index is 3.34. The molecule has 0 aromatic carbocycles. The highest BCUT2D eigenvalue weighted by Crippen LogP contribution is 2.17. The summed E-state index contributed by atoms with van der Waals surface area (Å²) >= 11 is 0. The van der Waals surface area contributed by atoms with Crippen molar-refractivity contribution >= 4 is 0 Å². The fourth-order valence-electron chi connectivity index (χ4n) is 3.97. The summed E-state index contributed by atoms with van der Waals surface area (Å²) in [5.74, 6) is 0. The third-order valence-electron chi connectivity index (χ3n) is 5.78. The van der Waals surface area contributed by atoms with E-state index in [2.05, 4.69) is 31.2 Å². The van der Waals surface area contributed by atoms with Gasteiger partial charge in [0.05, 0.1) is 0 Å². The van der Waals surface area contributed by atoms with E-state index in [0.29, 0.717) is 0 Å². The van der Waals surface area contributed by atoms with Gasteiger partial charge in [-0.2, -0.15) is 0 Å². The Balaban J connectivity index is 1.93. The van der Waals surface area contributed by atoms with Crippen molar-refractivity contribution in [1.29, 1.82) is 0 Å². The van der Waals surface area contributed by atoms with Crippen molar-refractivity contribution in [2.45, 2.75) is 136 Å². The van der Waals surface area contributed by atoms with Crippen molar-refractivity contribution in [2.24, 2.45) is 0 Å². The molecule has 0 aliphatic carbocycles. The third-order valence-corrected chi connectivity index (χ3v) is 5.78. The van der Waals surface area contributed by atoms with Crippen LogP contribution in [0.15, 0.2) is 12.4 Å². The maximum Gasteiger partial charge on any atom is 0.00401 e. The van der Waals surface area contributed by atoms with Gasteiger partial charge in [0.25, 0.3) is 0 Å². The third kappa shape index (κ3) is 12.6. The van der Waals surface area contributed by atoms with E-state index in [0.717, 1.165) is 0 Å². The van der Waals surface area contributed by atoms with Crippen LogP contribution in [0.4, 0.5) is 0 Å². The molecule has 1 heterocycles. The molecule has 0 fully saturated rings. The molecular weight excluding hydrogens is 314 g/mol. The van der Waals surface area contributed by atoms with E-state index in [4.69, 9.17) is 0 Å². The second kappa shape index (κ2) is 17.7. The van der Waals surface area contributed by atoms with Crippen LogP contribution in [-0.4, -0.2) is 4.98 Å². The molecule has 1 heteroatoms. The summed E-state index contributed by atoms with van der Waals surface area (Å²) in [6.45, 7) is 4.59. The van der Waals surface area contributed by atoms with Gasteiger partial charge in [0.1, 0.15) is 0 Å². The monoisotopic (exact) mass is 361 g/mol. The van der Waals surface area contributed by atoms with E-state index in [-0.39, 0.29) is 0 Å². The fraction of sp³-hybridized carbons (Fsp3) is 0.840. The highest BCUT2D eigenvalue weighted by Gasteiger charge is 2.03. The summed E-state index contributed by atoms with van der Waals surface area (Å²) in [4.78, 5) is 3.34. The van der Waals surface area contributed by atoms with E-state index in [9.17, 15) is 0 Å². The fourth-order valence-corrected chi connectivity index (χ4v) is 3.97. The molecule has 1 rings (SSSR count). The number of aryl methyl sites for hydroxylation is 2. The summed E-state index contributed by atoms with van der Waals surface area (Å²) in [5, 5.41) is 0. The summed E-state index contributed by atoms with van der Waals surface area (Å²) < 4.78 is 0. The smallest absolute Gasteiger partial charge is 0.00401 e. The summed E-state index contributed by atoms with van der Waals surface area (Å²) in [5.41, 5.74) is 3.18. The Labute approximate surface area is 164 Å². The van der Waals surface area contributed by atoms with Crippen LogP contribution in [0, 0.1) is 0 Å². The Morgan fingerprint density at radius 2 is 0.769 bits per heavy atom. The largest absolute Gasteiger partial charge is 0.367 e. The minimum Gasteiger partial charge on any atom is -0.367 e. The summed E-state index contributed by atoms with van der Waals surface area (Å²) in [6.07, 6.45) is 31.2. The van der Waals surface area contributed by atoms with Gasteiger partial charge in [0.2, 0.25) is 0 Å². The van der Waals surface area contributed by atoms with Gasteiger partial charge in [-0.05, 0) is 36.8 Å². The molecule has 0 amide bonds. The van der Waals surface area contributed by atoms with Crippen LogP contribution >= 0.6 is 0 Å². The second-order valence-electron chi connectivity index (χ2n) is 8.31. The lowest BCUT2D eigenvalue weighted by molar-refractivity contribution is 0.543. The number of unbranched alkanes of at least 4 members (excludes halogenated alkanes) is 15. The molecule has 1 aromatic heterocycles. The minimum atomic E-state index is 1.28. The van der Waals surface area contributed by atoms with Crippen molar-refractivity contribution < 1.29 is 0 Å². The number of hydrogen-bond donors (Lipinski definition) is 1. The average molecular weight is 362 g/mol. The first-order valence-corrected chi connectivity index (χ1v) is 12.0.